The number of hydrogen-bond acceptors (Lipinski definition) is 11. The molecule has 0 aliphatic carbocycles. The molecule has 2 N–H and O–H groups in total. The molecule has 2 aliphatic rings. The molecular weight excluding hydrogens is 595 g/mol. The molecule has 0 spiro atoms. The van der Waals surface area contributed by atoms with Gasteiger partial charge in [0.2, 0.25) is 5.95 Å². The molecule has 0 bridgehead atoms. The first-order valence-corrected chi connectivity index (χ1v) is 17.6. The van der Waals surface area contributed by atoms with Gasteiger partial charge in [0.25, 0.3) is 0 Å². The van der Waals surface area contributed by atoms with E-state index in [4.69, 9.17) is 14.7 Å². The molecule has 0 saturated carbocycles. The van der Waals surface area contributed by atoms with Crippen LogP contribution in [0.15, 0.2) is 58.8 Å². The van der Waals surface area contributed by atoms with Gasteiger partial charge in [-0.3, -0.25) is 4.90 Å². The van der Waals surface area contributed by atoms with Gasteiger partial charge < -0.3 is 25.2 Å². The second-order valence-corrected chi connectivity index (χ2v) is 15.2. The lowest BCUT2D eigenvalue weighted by molar-refractivity contribution is 0.0982. The number of aromatic nitrogens is 2. The van der Waals surface area contributed by atoms with Crippen LogP contribution in [0.3, 0.4) is 0 Å². The lowest BCUT2D eigenvalue weighted by atomic mass is 10.0. The van der Waals surface area contributed by atoms with Crippen molar-refractivity contribution in [3.8, 4) is 5.75 Å². The Balaban J connectivity index is 1.20. The van der Waals surface area contributed by atoms with Gasteiger partial charge in [-0.1, -0.05) is 12.1 Å². The van der Waals surface area contributed by atoms with Gasteiger partial charge in [0, 0.05) is 57.1 Å². The molecule has 12 heteroatoms. The maximum Gasteiger partial charge on any atom is 0.229 e. The van der Waals surface area contributed by atoms with Crippen molar-refractivity contribution in [3.05, 3.63) is 53.9 Å². The highest BCUT2D eigenvalue weighted by atomic mass is 32.2. The monoisotopic (exact) mass is 635 g/mol. The summed E-state index contributed by atoms with van der Waals surface area (Å²) < 4.78 is 32.8. The summed E-state index contributed by atoms with van der Waals surface area (Å²) >= 11 is 1.50. The summed E-state index contributed by atoms with van der Waals surface area (Å²) in [6, 6.07) is 15.7. The Morgan fingerprint density at radius 3 is 2.41 bits per heavy atom. The van der Waals surface area contributed by atoms with Crippen LogP contribution in [-0.2, 0) is 9.84 Å². The van der Waals surface area contributed by atoms with Crippen molar-refractivity contribution in [2.24, 2.45) is 0 Å². The van der Waals surface area contributed by atoms with E-state index in [1.165, 1.54) is 11.3 Å². The van der Waals surface area contributed by atoms with E-state index in [-0.39, 0.29) is 4.90 Å². The molecule has 4 heterocycles. The summed E-state index contributed by atoms with van der Waals surface area (Å²) in [7, 11) is 0.375. The summed E-state index contributed by atoms with van der Waals surface area (Å²) in [5.41, 5.74) is 3.15. The number of piperazine rings is 1. The molecule has 0 amide bonds. The number of likely N-dealkylation sites (N-methyl/N-ethyl adjacent to an activating group) is 1. The van der Waals surface area contributed by atoms with E-state index < -0.39 is 15.1 Å². The maximum absolute atomic E-state index is 13.1. The highest BCUT2D eigenvalue weighted by molar-refractivity contribution is 7.92. The zero-order valence-electron chi connectivity index (χ0n) is 25.8. The Morgan fingerprint density at radius 1 is 0.932 bits per heavy atom. The summed E-state index contributed by atoms with van der Waals surface area (Å²) in [4.78, 5) is 17.3. The van der Waals surface area contributed by atoms with Crippen LogP contribution < -0.4 is 20.3 Å². The molecule has 234 valence electrons. The molecule has 2 fully saturated rings. The van der Waals surface area contributed by atoms with Crippen molar-refractivity contribution in [1.82, 2.24) is 19.8 Å². The maximum atomic E-state index is 13.1. The number of anilines is 5. The van der Waals surface area contributed by atoms with E-state index in [0.29, 0.717) is 29.2 Å². The Kier molecular flexibility index (Phi) is 8.95. The molecule has 2 aromatic carbocycles. The van der Waals surface area contributed by atoms with Crippen molar-refractivity contribution in [2.45, 2.75) is 42.9 Å². The second kappa shape index (κ2) is 12.9. The average molecular weight is 636 g/mol. The molecule has 0 atom stereocenters. The minimum absolute atomic E-state index is 0.248. The summed E-state index contributed by atoms with van der Waals surface area (Å²) in [6.07, 6.45) is 2.33. The van der Waals surface area contributed by atoms with Gasteiger partial charge in [-0.05, 0) is 69.4 Å². The number of para-hydroxylation sites is 1. The fourth-order valence-corrected chi connectivity index (χ4v) is 7.96. The van der Waals surface area contributed by atoms with E-state index in [1.54, 1.807) is 39.2 Å². The molecular formula is C32H41N7O3S2. The molecule has 2 saturated heterocycles. The number of benzene rings is 2. The SMILES string of the molecule is COc1cc(N2CCC(N3CCN(C)CC3)CC2)ccc1Nc1nc(Nc2ccccc2S(=O)(=O)C(C)C)c2sccc2n1. The van der Waals surface area contributed by atoms with E-state index in [1.807, 2.05) is 23.6 Å². The van der Waals surface area contributed by atoms with E-state index in [0.717, 1.165) is 73.7 Å². The predicted molar refractivity (Wildman–Crippen MR) is 180 cm³/mol. The molecule has 2 aromatic heterocycles. The first-order chi connectivity index (χ1) is 21.2. The van der Waals surface area contributed by atoms with Gasteiger partial charge in [-0.25, -0.2) is 13.4 Å². The number of sulfone groups is 1. The molecule has 0 radical (unpaired) electrons. The van der Waals surface area contributed by atoms with E-state index in [2.05, 4.69) is 44.5 Å². The highest BCUT2D eigenvalue weighted by Crippen LogP contribution is 2.36. The minimum Gasteiger partial charge on any atom is -0.494 e. The Hall–Kier alpha value is -3.45. The van der Waals surface area contributed by atoms with Gasteiger partial charge in [0.05, 0.1) is 38.8 Å². The van der Waals surface area contributed by atoms with Crippen LogP contribution in [0.5, 0.6) is 5.75 Å². The van der Waals surface area contributed by atoms with Crippen LogP contribution in [-0.4, -0.2) is 92.9 Å². The first kappa shape index (κ1) is 30.6. The summed E-state index contributed by atoms with van der Waals surface area (Å²) in [5.74, 6) is 1.64. The fraction of sp³-hybridized carbons (Fsp3) is 0.438. The number of methoxy groups -OCH3 is 1. The van der Waals surface area contributed by atoms with Gasteiger partial charge in [0.1, 0.15) is 5.75 Å². The number of fused-ring (bicyclic) bond motifs is 1. The van der Waals surface area contributed by atoms with Gasteiger partial charge in [-0.15, -0.1) is 11.3 Å². The Morgan fingerprint density at radius 2 is 1.68 bits per heavy atom. The predicted octanol–water partition coefficient (Wildman–Crippen LogP) is 5.59. The zero-order valence-corrected chi connectivity index (χ0v) is 27.4. The summed E-state index contributed by atoms with van der Waals surface area (Å²) in [6.45, 7) is 10.0. The van der Waals surface area contributed by atoms with Crippen LogP contribution in [0.4, 0.5) is 28.8 Å². The number of ether oxygens (including phenoxy) is 1. The van der Waals surface area contributed by atoms with Crippen molar-refractivity contribution in [3.63, 3.8) is 0 Å². The van der Waals surface area contributed by atoms with Crippen LogP contribution in [0, 0.1) is 0 Å². The Bertz CT molecular complexity index is 1710. The standard InChI is InChI=1S/C32H41N7O3S2/c1-22(2)44(40,41)29-8-6-5-7-26(29)33-31-30-27(13-20-43-30)35-32(36-31)34-25-10-9-24(21-28(25)42-4)38-14-11-23(12-15-38)39-18-16-37(3)17-19-39/h5-10,13,20-23H,11-12,14-19H2,1-4H3,(H2,33,34,35,36). The van der Waals surface area contributed by atoms with Crippen LogP contribution in [0.2, 0.25) is 0 Å². The third-order valence-corrected chi connectivity index (χ3v) is 11.8. The van der Waals surface area contributed by atoms with Crippen molar-refractivity contribution < 1.29 is 13.2 Å². The number of piperidine rings is 1. The van der Waals surface area contributed by atoms with Crippen LogP contribution in [0.1, 0.15) is 26.7 Å². The molecule has 44 heavy (non-hydrogen) atoms. The van der Waals surface area contributed by atoms with Crippen LogP contribution >= 0.6 is 11.3 Å². The molecule has 4 aromatic rings. The number of rotatable bonds is 9. The average Bonchev–Trinajstić information content (AvgIpc) is 3.51. The molecule has 0 unspecified atom stereocenters. The normalized spacial score (nSPS) is 17.3. The largest absolute Gasteiger partial charge is 0.494 e. The quantitative estimate of drug-likeness (QED) is 0.242. The number of nitrogens with zero attached hydrogens (tertiary/aromatic N) is 5. The number of thiophene rings is 1. The lowest BCUT2D eigenvalue weighted by Crippen LogP contribution is -2.52. The molecule has 10 nitrogen and oxygen atoms in total. The second-order valence-electron chi connectivity index (χ2n) is 11.8. The topological polar surface area (TPSA) is 103 Å². The van der Waals surface area contributed by atoms with Crippen LogP contribution in [0.25, 0.3) is 10.2 Å². The highest BCUT2D eigenvalue weighted by Gasteiger charge is 2.27. The van der Waals surface area contributed by atoms with Crippen molar-refractivity contribution >= 4 is 60.2 Å². The van der Waals surface area contributed by atoms with E-state index >= 15 is 0 Å². The molecule has 2 aliphatic heterocycles. The van der Waals surface area contributed by atoms with E-state index in [9.17, 15) is 8.42 Å². The smallest absolute Gasteiger partial charge is 0.229 e. The third kappa shape index (κ3) is 6.35. The number of hydrogen-bond donors (Lipinski definition) is 2. The zero-order chi connectivity index (χ0) is 30.8. The van der Waals surface area contributed by atoms with Gasteiger partial charge in [0.15, 0.2) is 15.7 Å². The fourth-order valence-electron chi connectivity index (χ4n) is 5.98. The summed E-state index contributed by atoms with van der Waals surface area (Å²) in [5, 5.41) is 8.05. The molecule has 6 rings (SSSR count). The third-order valence-electron chi connectivity index (χ3n) is 8.69. The van der Waals surface area contributed by atoms with Gasteiger partial charge >= 0.3 is 0 Å². The van der Waals surface area contributed by atoms with Crippen molar-refractivity contribution in [2.75, 3.05) is 69.0 Å². The first-order valence-electron chi connectivity index (χ1n) is 15.2. The Labute approximate surface area is 264 Å². The lowest BCUT2D eigenvalue weighted by Gasteiger charge is -2.42. The minimum atomic E-state index is -3.50. The van der Waals surface area contributed by atoms with Crippen molar-refractivity contribution in [1.29, 1.82) is 0 Å². The van der Waals surface area contributed by atoms with Gasteiger partial charge in [-0.2, -0.15) is 4.98 Å². The number of nitrogens with one attached hydrogen (secondary N) is 2.